The van der Waals surface area contributed by atoms with Crippen molar-refractivity contribution in [2.24, 2.45) is 0 Å². The molecule has 2 aromatic heterocycles. The Morgan fingerprint density at radius 2 is 1.67 bits per heavy atom. The van der Waals surface area contributed by atoms with Crippen LogP contribution in [0.15, 0.2) is 60.7 Å². The second kappa shape index (κ2) is 9.41. The summed E-state index contributed by atoms with van der Waals surface area (Å²) in [6.07, 6.45) is 0.984. The Labute approximate surface area is 194 Å². The van der Waals surface area contributed by atoms with E-state index in [4.69, 9.17) is 9.72 Å². The Balaban J connectivity index is 1.61. The van der Waals surface area contributed by atoms with Gasteiger partial charge in [-0.05, 0) is 45.4 Å². The predicted molar refractivity (Wildman–Crippen MR) is 131 cm³/mol. The Hall–Kier alpha value is -3.73. The molecule has 0 N–H and O–H groups in total. The number of para-hydroxylation sites is 1. The van der Waals surface area contributed by atoms with Gasteiger partial charge in [0.1, 0.15) is 0 Å². The highest BCUT2D eigenvalue weighted by Crippen LogP contribution is 2.26. The fraction of sp³-hybridized carbons (Fsp3) is 0.250. The van der Waals surface area contributed by atoms with Gasteiger partial charge in [-0.1, -0.05) is 55.0 Å². The number of Topliss-reactive ketones (excluding diaryl/α,β-unsaturated/α-hetero) is 1. The third-order valence-electron chi connectivity index (χ3n) is 5.94. The Morgan fingerprint density at radius 3 is 2.39 bits per heavy atom. The standard InChI is InChI=1S/C28H28N2O3/c1-5-14-30-19(3)15-23(20(30)4)27(31)17-33-28(32)24-16-26(21-12-10-18(2)11-13-21)29-25-9-7-6-8-22(24)25/h6-13,15-16H,5,14,17H2,1-4H3. The van der Waals surface area contributed by atoms with E-state index in [9.17, 15) is 9.59 Å². The number of hydrogen-bond acceptors (Lipinski definition) is 4. The van der Waals surface area contributed by atoms with E-state index < -0.39 is 5.97 Å². The van der Waals surface area contributed by atoms with E-state index in [1.165, 1.54) is 0 Å². The van der Waals surface area contributed by atoms with Crippen LogP contribution in [0.3, 0.4) is 0 Å². The molecule has 5 nitrogen and oxygen atoms in total. The number of carbonyl (C=O) groups excluding carboxylic acids is 2. The molecule has 2 heterocycles. The quantitative estimate of drug-likeness (QED) is 0.258. The molecule has 0 amide bonds. The first kappa shape index (κ1) is 22.5. The second-order valence-corrected chi connectivity index (χ2v) is 8.37. The summed E-state index contributed by atoms with van der Waals surface area (Å²) < 4.78 is 7.63. The highest BCUT2D eigenvalue weighted by molar-refractivity contribution is 6.06. The third-order valence-corrected chi connectivity index (χ3v) is 5.94. The van der Waals surface area contributed by atoms with E-state index in [1.807, 2.05) is 75.4 Å². The van der Waals surface area contributed by atoms with Crippen molar-refractivity contribution in [1.29, 1.82) is 0 Å². The van der Waals surface area contributed by atoms with Crippen molar-refractivity contribution in [3.63, 3.8) is 0 Å². The summed E-state index contributed by atoms with van der Waals surface area (Å²) in [5.41, 5.74) is 6.41. The van der Waals surface area contributed by atoms with Gasteiger partial charge in [0.2, 0.25) is 5.78 Å². The van der Waals surface area contributed by atoms with Crippen LogP contribution in [-0.2, 0) is 11.3 Å². The first-order chi connectivity index (χ1) is 15.9. The number of pyridine rings is 1. The van der Waals surface area contributed by atoms with E-state index in [1.54, 1.807) is 6.07 Å². The van der Waals surface area contributed by atoms with Gasteiger partial charge in [-0.2, -0.15) is 0 Å². The van der Waals surface area contributed by atoms with Gasteiger partial charge in [0, 0.05) is 34.4 Å². The van der Waals surface area contributed by atoms with Crippen molar-refractivity contribution >= 4 is 22.7 Å². The van der Waals surface area contributed by atoms with E-state index >= 15 is 0 Å². The number of aromatic nitrogens is 2. The molecule has 168 valence electrons. The summed E-state index contributed by atoms with van der Waals surface area (Å²) in [7, 11) is 0. The Morgan fingerprint density at radius 1 is 0.939 bits per heavy atom. The molecule has 0 unspecified atom stereocenters. The maximum absolute atomic E-state index is 13.1. The van der Waals surface area contributed by atoms with E-state index in [0.29, 0.717) is 27.7 Å². The smallest absolute Gasteiger partial charge is 0.339 e. The van der Waals surface area contributed by atoms with Crippen LogP contribution in [0.5, 0.6) is 0 Å². The van der Waals surface area contributed by atoms with Crippen LogP contribution < -0.4 is 0 Å². The lowest BCUT2D eigenvalue weighted by Gasteiger charge is -2.11. The summed E-state index contributed by atoms with van der Waals surface area (Å²) in [5, 5.41) is 0.701. The SMILES string of the molecule is CCCn1c(C)cc(C(=O)COC(=O)c2cc(-c3ccc(C)cc3)nc3ccccc23)c1C. The number of hydrogen-bond donors (Lipinski definition) is 0. The molecule has 0 saturated heterocycles. The molecular formula is C28H28N2O3. The van der Waals surface area contributed by atoms with Gasteiger partial charge in [0.25, 0.3) is 0 Å². The van der Waals surface area contributed by atoms with Crippen molar-refractivity contribution in [3.05, 3.63) is 88.7 Å². The van der Waals surface area contributed by atoms with Gasteiger partial charge in [0.05, 0.1) is 16.8 Å². The van der Waals surface area contributed by atoms with E-state index in [0.717, 1.165) is 35.5 Å². The minimum Gasteiger partial charge on any atom is -0.454 e. The molecular weight excluding hydrogens is 412 g/mol. The van der Waals surface area contributed by atoms with Crippen LogP contribution in [-0.4, -0.2) is 27.9 Å². The fourth-order valence-electron chi connectivity index (χ4n) is 4.15. The van der Waals surface area contributed by atoms with Gasteiger partial charge < -0.3 is 9.30 Å². The molecule has 5 heteroatoms. The van der Waals surface area contributed by atoms with Crippen LogP contribution in [0.1, 0.15) is 51.0 Å². The lowest BCUT2D eigenvalue weighted by molar-refractivity contribution is 0.0476. The van der Waals surface area contributed by atoms with Crippen molar-refractivity contribution in [2.45, 2.75) is 40.7 Å². The molecule has 4 aromatic rings. The monoisotopic (exact) mass is 440 g/mol. The number of rotatable bonds is 7. The molecule has 33 heavy (non-hydrogen) atoms. The number of ketones is 1. The topological polar surface area (TPSA) is 61.2 Å². The Kier molecular flexibility index (Phi) is 6.40. The molecule has 0 atom stereocenters. The summed E-state index contributed by atoms with van der Waals surface area (Å²) >= 11 is 0. The van der Waals surface area contributed by atoms with Gasteiger partial charge in [-0.3, -0.25) is 4.79 Å². The van der Waals surface area contributed by atoms with Crippen molar-refractivity contribution in [1.82, 2.24) is 9.55 Å². The summed E-state index contributed by atoms with van der Waals surface area (Å²) in [6, 6.07) is 19.1. The predicted octanol–water partition coefficient (Wildman–Crippen LogP) is 6.08. The molecule has 0 aliphatic carbocycles. The van der Waals surface area contributed by atoms with Crippen molar-refractivity contribution in [2.75, 3.05) is 6.61 Å². The largest absolute Gasteiger partial charge is 0.454 e. The summed E-state index contributed by atoms with van der Waals surface area (Å²) in [4.78, 5) is 30.7. The van der Waals surface area contributed by atoms with Crippen LogP contribution in [0.25, 0.3) is 22.2 Å². The number of esters is 1. The van der Waals surface area contributed by atoms with Crippen LogP contribution in [0.2, 0.25) is 0 Å². The molecule has 0 fully saturated rings. The number of aryl methyl sites for hydroxylation is 2. The number of nitrogens with zero attached hydrogens (tertiary/aromatic N) is 2. The lowest BCUT2D eigenvalue weighted by Crippen LogP contribution is -2.15. The molecule has 0 aliphatic rings. The van der Waals surface area contributed by atoms with Crippen LogP contribution in [0, 0.1) is 20.8 Å². The average Bonchev–Trinajstić information content (AvgIpc) is 3.11. The molecule has 0 radical (unpaired) electrons. The van der Waals surface area contributed by atoms with Crippen molar-refractivity contribution < 1.29 is 14.3 Å². The molecule has 0 aliphatic heterocycles. The summed E-state index contributed by atoms with van der Waals surface area (Å²) in [5.74, 6) is -0.728. The number of benzene rings is 2. The van der Waals surface area contributed by atoms with Gasteiger partial charge in [-0.15, -0.1) is 0 Å². The Bertz CT molecular complexity index is 1330. The van der Waals surface area contributed by atoms with Crippen molar-refractivity contribution in [3.8, 4) is 11.3 Å². The molecule has 0 spiro atoms. The molecule has 2 aromatic carbocycles. The van der Waals surface area contributed by atoms with Gasteiger partial charge in [0.15, 0.2) is 6.61 Å². The second-order valence-electron chi connectivity index (χ2n) is 8.37. The minimum atomic E-state index is -0.530. The number of ether oxygens (including phenoxy) is 1. The zero-order valence-electron chi connectivity index (χ0n) is 19.5. The number of carbonyl (C=O) groups is 2. The van der Waals surface area contributed by atoms with E-state index in [2.05, 4.69) is 11.5 Å². The van der Waals surface area contributed by atoms with Gasteiger partial charge in [-0.25, -0.2) is 9.78 Å². The maximum Gasteiger partial charge on any atom is 0.339 e. The highest BCUT2D eigenvalue weighted by atomic mass is 16.5. The maximum atomic E-state index is 13.1. The molecule has 0 bridgehead atoms. The lowest BCUT2D eigenvalue weighted by atomic mass is 10.0. The average molecular weight is 441 g/mol. The van der Waals surface area contributed by atoms with Crippen LogP contribution >= 0.6 is 0 Å². The zero-order chi connectivity index (χ0) is 23.5. The fourth-order valence-corrected chi connectivity index (χ4v) is 4.15. The van der Waals surface area contributed by atoms with Gasteiger partial charge >= 0.3 is 5.97 Å². The first-order valence-corrected chi connectivity index (χ1v) is 11.2. The normalized spacial score (nSPS) is 11.0. The third kappa shape index (κ3) is 4.58. The van der Waals surface area contributed by atoms with E-state index in [-0.39, 0.29) is 12.4 Å². The van der Waals surface area contributed by atoms with Crippen LogP contribution in [0.4, 0.5) is 0 Å². The minimum absolute atomic E-state index is 0.198. The first-order valence-electron chi connectivity index (χ1n) is 11.2. The molecule has 4 rings (SSSR count). The zero-order valence-corrected chi connectivity index (χ0v) is 19.5. The molecule has 0 saturated carbocycles. The summed E-state index contributed by atoms with van der Waals surface area (Å²) in [6.45, 7) is 8.60. The highest BCUT2D eigenvalue weighted by Gasteiger charge is 2.20. The number of fused-ring (bicyclic) bond motifs is 1.